The summed E-state index contributed by atoms with van der Waals surface area (Å²) in [6, 6.07) is 0. The SMILES string of the molecule is [Cd+2].[Cd+2].[O-][Ti]([O-])([O-])[O-]. The molecule has 0 atom stereocenters. The van der Waals surface area contributed by atoms with Crippen LogP contribution in [0, 0.1) is 0 Å². The van der Waals surface area contributed by atoms with Gasteiger partial charge in [0.25, 0.3) is 0 Å². The van der Waals surface area contributed by atoms with Crippen molar-refractivity contribution in [1.82, 2.24) is 0 Å². The summed E-state index contributed by atoms with van der Waals surface area (Å²) in [6.07, 6.45) is 0. The third kappa shape index (κ3) is 59.8. The predicted molar refractivity (Wildman–Crippen MR) is 0 cm³/mol. The van der Waals surface area contributed by atoms with Crippen molar-refractivity contribution in [2.45, 2.75) is 0 Å². The molecule has 32 valence electrons. The summed E-state index contributed by atoms with van der Waals surface area (Å²) in [6.45, 7) is 0. The van der Waals surface area contributed by atoms with Crippen molar-refractivity contribution in [2.24, 2.45) is 0 Å². The first-order valence-corrected chi connectivity index (χ1v) is 3.37. The number of hydrogen-bond donors (Lipinski definition) is 0. The van der Waals surface area contributed by atoms with Gasteiger partial charge in [0.1, 0.15) is 0 Å². The second-order valence-electron chi connectivity index (χ2n) is 0.500. The van der Waals surface area contributed by atoms with Gasteiger partial charge in [-0.25, -0.2) is 0 Å². The van der Waals surface area contributed by atoms with Crippen LogP contribution in [0.5, 0.6) is 0 Å². The van der Waals surface area contributed by atoms with Gasteiger partial charge in [-0.3, -0.25) is 0 Å². The summed E-state index contributed by atoms with van der Waals surface area (Å²) in [5, 5.41) is 0. The van der Waals surface area contributed by atoms with Gasteiger partial charge in [-0.05, 0) is 0 Å². The topological polar surface area (TPSA) is 92.2 Å². The van der Waals surface area contributed by atoms with Gasteiger partial charge in [0.15, 0.2) is 0 Å². The fraction of sp³-hybridized carbons (Fsp3) is 0. The zero-order valence-corrected chi connectivity index (χ0v) is 13.2. The van der Waals surface area contributed by atoms with E-state index in [0.717, 1.165) is 0 Å². The molecule has 0 saturated heterocycles. The molecular formula is Cd2O4Ti. The Bertz CT molecular complexity index is 25.2. The van der Waals surface area contributed by atoms with Crippen molar-refractivity contribution in [3.8, 4) is 0 Å². The summed E-state index contributed by atoms with van der Waals surface area (Å²) >= 11 is -6.00. The van der Waals surface area contributed by atoms with E-state index in [-0.39, 0.29) is 54.6 Å². The van der Waals surface area contributed by atoms with Gasteiger partial charge < -0.3 is 0 Å². The van der Waals surface area contributed by atoms with Gasteiger partial charge in [-0.15, -0.1) is 0 Å². The molecule has 0 fully saturated rings. The first kappa shape index (κ1) is 16.2. The van der Waals surface area contributed by atoms with E-state index in [4.69, 9.17) is 14.8 Å². The average Bonchev–Trinajstić information content (AvgIpc) is 0.722. The van der Waals surface area contributed by atoms with Crippen molar-refractivity contribution in [2.75, 3.05) is 0 Å². The Morgan fingerprint density at radius 1 is 0.714 bits per heavy atom. The fourth-order valence-corrected chi connectivity index (χ4v) is 0. The van der Waals surface area contributed by atoms with E-state index in [1.54, 1.807) is 0 Å². The van der Waals surface area contributed by atoms with E-state index in [1.807, 2.05) is 0 Å². The molecule has 0 aromatic heterocycles. The molecule has 0 saturated carbocycles. The molecule has 0 rings (SSSR count). The van der Waals surface area contributed by atoms with Gasteiger partial charge in [-0.2, -0.15) is 0 Å². The normalized spacial score (nSPS) is 8.57. The molecular weight excluding hydrogens is 337 g/mol. The van der Waals surface area contributed by atoms with E-state index in [2.05, 4.69) is 0 Å². The molecule has 0 aliphatic carbocycles. The Kier molecular flexibility index (Phi) is 15.1. The molecule has 0 bridgehead atoms. The zero-order chi connectivity index (χ0) is 4.50. The quantitative estimate of drug-likeness (QED) is 0.415. The summed E-state index contributed by atoms with van der Waals surface area (Å²) in [7, 11) is 0. The van der Waals surface area contributed by atoms with Crippen LogP contribution in [0.4, 0.5) is 0 Å². The van der Waals surface area contributed by atoms with Gasteiger partial charge in [0, 0.05) is 0 Å². The second-order valence-corrected chi connectivity index (χ2v) is 2.06. The fourth-order valence-electron chi connectivity index (χ4n) is 0. The molecule has 0 spiro atoms. The van der Waals surface area contributed by atoms with Crippen LogP contribution < -0.4 is 14.8 Å². The Hall–Kier alpha value is 2.40. The van der Waals surface area contributed by atoms with E-state index in [0.29, 0.717) is 0 Å². The molecule has 0 unspecified atom stereocenters. The Labute approximate surface area is 86.1 Å². The van der Waals surface area contributed by atoms with Gasteiger partial charge in [0.2, 0.25) is 0 Å². The summed E-state index contributed by atoms with van der Waals surface area (Å²) < 4.78 is 34.5. The van der Waals surface area contributed by atoms with E-state index in [9.17, 15) is 0 Å². The molecule has 4 nitrogen and oxygen atoms in total. The van der Waals surface area contributed by atoms with Crippen LogP contribution in [0.25, 0.3) is 0 Å². The maximum absolute atomic E-state index is 8.62. The molecule has 0 aromatic rings. The number of hydrogen-bond acceptors (Lipinski definition) is 4. The Morgan fingerprint density at radius 2 is 0.714 bits per heavy atom. The molecule has 0 aromatic carbocycles. The van der Waals surface area contributed by atoms with Crippen LogP contribution in [0.2, 0.25) is 0 Å². The van der Waals surface area contributed by atoms with Gasteiger partial charge in [0.05, 0.1) is 0 Å². The summed E-state index contributed by atoms with van der Waals surface area (Å²) in [5.74, 6) is 0. The predicted octanol–water partition coefficient (Wildman–Crippen LogP) is -4.76. The molecule has 0 N–H and O–H groups in total. The molecule has 7 heavy (non-hydrogen) atoms. The van der Waals surface area contributed by atoms with Crippen molar-refractivity contribution in [1.29, 1.82) is 0 Å². The first-order valence-electron chi connectivity index (χ1n) is 0.816. The van der Waals surface area contributed by atoms with Crippen molar-refractivity contribution >= 4 is 0 Å². The van der Waals surface area contributed by atoms with Crippen LogP contribution in [-0.2, 0) is 72.7 Å². The third-order valence-electron chi connectivity index (χ3n) is 0. The van der Waals surface area contributed by atoms with Crippen LogP contribution in [-0.4, -0.2) is 0 Å². The van der Waals surface area contributed by atoms with Crippen LogP contribution in [0.3, 0.4) is 0 Å². The second kappa shape index (κ2) is 6.52. The van der Waals surface area contributed by atoms with Crippen LogP contribution in [0.15, 0.2) is 0 Å². The Balaban J connectivity index is -0.0000000800. The maximum atomic E-state index is 8.62. The average molecular weight is 337 g/mol. The molecule has 0 amide bonds. The van der Waals surface area contributed by atoms with E-state index >= 15 is 0 Å². The molecule has 7 heteroatoms. The van der Waals surface area contributed by atoms with Crippen molar-refractivity contribution in [3.05, 3.63) is 0 Å². The van der Waals surface area contributed by atoms with Gasteiger partial charge in [-0.1, -0.05) is 0 Å². The van der Waals surface area contributed by atoms with E-state index in [1.165, 1.54) is 0 Å². The Morgan fingerprint density at radius 3 is 0.714 bits per heavy atom. The molecule has 0 aliphatic rings. The standard InChI is InChI=1S/2Cd.4O.Ti/q2*+2;4*-1;. The van der Waals surface area contributed by atoms with Crippen molar-refractivity contribution < 1.29 is 87.5 Å². The minimum atomic E-state index is -6.00. The summed E-state index contributed by atoms with van der Waals surface area (Å²) in [4.78, 5) is 0. The van der Waals surface area contributed by atoms with Crippen LogP contribution >= 0.6 is 0 Å². The minimum absolute atomic E-state index is 0. The molecule has 0 aliphatic heterocycles. The third-order valence-corrected chi connectivity index (χ3v) is 0. The van der Waals surface area contributed by atoms with Crippen molar-refractivity contribution in [3.63, 3.8) is 0 Å². The zero-order valence-electron chi connectivity index (χ0n) is 3.55. The van der Waals surface area contributed by atoms with E-state index < -0.39 is 18.1 Å². The monoisotopic (exact) mass is 340 g/mol. The van der Waals surface area contributed by atoms with Crippen LogP contribution in [0.1, 0.15) is 0 Å². The first-order chi connectivity index (χ1) is 2.00. The molecule has 0 radical (unpaired) electrons. The summed E-state index contributed by atoms with van der Waals surface area (Å²) in [5.41, 5.74) is 0. The number of rotatable bonds is 0. The van der Waals surface area contributed by atoms with Gasteiger partial charge >= 0.3 is 87.5 Å². The molecule has 0 heterocycles.